The molecule has 0 saturated heterocycles. The zero-order valence-electron chi connectivity index (χ0n) is 13.2. The van der Waals surface area contributed by atoms with Gasteiger partial charge in [-0.1, -0.05) is 42.8 Å². The van der Waals surface area contributed by atoms with E-state index in [2.05, 4.69) is 30.3 Å². The molecule has 22 heavy (non-hydrogen) atoms. The molecule has 1 saturated carbocycles. The van der Waals surface area contributed by atoms with Crippen LogP contribution >= 0.6 is 0 Å². The van der Waals surface area contributed by atoms with E-state index in [-0.39, 0.29) is 17.9 Å². The first-order valence-corrected chi connectivity index (χ1v) is 8.12. The van der Waals surface area contributed by atoms with Crippen molar-refractivity contribution in [1.82, 2.24) is 4.90 Å². The van der Waals surface area contributed by atoms with Crippen LogP contribution in [0.25, 0.3) is 10.8 Å². The zero-order valence-corrected chi connectivity index (χ0v) is 13.2. The molecule has 2 unspecified atom stereocenters. The number of carbonyl (C=O) groups is 1. The number of benzene rings is 2. The summed E-state index contributed by atoms with van der Waals surface area (Å²) < 4.78 is 0. The van der Waals surface area contributed by atoms with Gasteiger partial charge >= 0.3 is 0 Å². The van der Waals surface area contributed by atoms with Crippen molar-refractivity contribution in [3.63, 3.8) is 0 Å². The molecule has 3 heteroatoms. The molecule has 1 aliphatic carbocycles. The van der Waals surface area contributed by atoms with E-state index in [4.69, 9.17) is 5.73 Å². The van der Waals surface area contributed by atoms with Crippen LogP contribution in [-0.4, -0.2) is 23.9 Å². The van der Waals surface area contributed by atoms with Gasteiger partial charge in [0, 0.05) is 25.6 Å². The van der Waals surface area contributed by atoms with E-state index in [0.29, 0.717) is 6.54 Å². The molecule has 2 atom stereocenters. The lowest BCUT2D eigenvalue weighted by atomic mass is 9.85. The summed E-state index contributed by atoms with van der Waals surface area (Å²) in [6.45, 7) is 0.662. The van der Waals surface area contributed by atoms with E-state index >= 15 is 0 Å². The SMILES string of the molecule is CN(Cc1ccc2ccccc2c1)C(=O)C1CCCC(N)C1. The van der Waals surface area contributed by atoms with Gasteiger partial charge in [0.2, 0.25) is 5.91 Å². The summed E-state index contributed by atoms with van der Waals surface area (Å²) >= 11 is 0. The highest BCUT2D eigenvalue weighted by molar-refractivity contribution is 5.83. The van der Waals surface area contributed by atoms with E-state index in [0.717, 1.165) is 25.7 Å². The fourth-order valence-electron chi connectivity index (χ4n) is 3.45. The summed E-state index contributed by atoms with van der Waals surface area (Å²) in [5.41, 5.74) is 7.18. The molecule has 0 heterocycles. The van der Waals surface area contributed by atoms with Crippen LogP contribution in [0.1, 0.15) is 31.2 Å². The quantitative estimate of drug-likeness (QED) is 0.944. The molecule has 0 aromatic heterocycles. The van der Waals surface area contributed by atoms with Gasteiger partial charge in [0.1, 0.15) is 0 Å². The third-order valence-corrected chi connectivity index (χ3v) is 4.67. The first kappa shape index (κ1) is 15.0. The van der Waals surface area contributed by atoms with Crippen LogP contribution in [0.15, 0.2) is 42.5 Å². The average Bonchev–Trinajstić information content (AvgIpc) is 2.54. The molecule has 0 radical (unpaired) electrons. The largest absolute Gasteiger partial charge is 0.341 e. The standard InChI is InChI=1S/C19H24N2O/c1-21(19(22)17-7-4-8-18(20)12-17)13-14-9-10-15-5-2-3-6-16(15)11-14/h2-3,5-6,9-11,17-18H,4,7-8,12-13,20H2,1H3. The Morgan fingerprint density at radius 2 is 1.95 bits per heavy atom. The molecule has 2 aromatic carbocycles. The Morgan fingerprint density at radius 1 is 1.18 bits per heavy atom. The van der Waals surface area contributed by atoms with Gasteiger partial charge < -0.3 is 10.6 Å². The zero-order chi connectivity index (χ0) is 15.5. The molecule has 1 fully saturated rings. The fourth-order valence-corrected chi connectivity index (χ4v) is 3.45. The molecule has 116 valence electrons. The second-order valence-corrected chi connectivity index (χ2v) is 6.50. The number of nitrogens with zero attached hydrogens (tertiary/aromatic N) is 1. The van der Waals surface area contributed by atoms with Gasteiger partial charge in [-0.05, 0) is 41.7 Å². The van der Waals surface area contributed by atoms with Gasteiger partial charge in [0.25, 0.3) is 0 Å². The molecular formula is C19H24N2O. The van der Waals surface area contributed by atoms with E-state index in [1.165, 1.54) is 16.3 Å². The molecule has 0 spiro atoms. The Morgan fingerprint density at radius 3 is 2.73 bits per heavy atom. The fraction of sp³-hybridized carbons (Fsp3) is 0.421. The van der Waals surface area contributed by atoms with Gasteiger partial charge in [0.15, 0.2) is 0 Å². The van der Waals surface area contributed by atoms with Crippen LogP contribution < -0.4 is 5.73 Å². The van der Waals surface area contributed by atoms with Crippen molar-refractivity contribution in [2.45, 2.75) is 38.3 Å². The summed E-state index contributed by atoms with van der Waals surface area (Å²) in [5.74, 6) is 0.345. The first-order valence-electron chi connectivity index (χ1n) is 8.12. The van der Waals surface area contributed by atoms with Gasteiger partial charge in [-0.3, -0.25) is 4.79 Å². The van der Waals surface area contributed by atoms with Crippen LogP contribution in [0.3, 0.4) is 0 Å². The van der Waals surface area contributed by atoms with Crippen molar-refractivity contribution in [2.75, 3.05) is 7.05 Å². The molecular weight excluding hydrogens is 272 g/mol. The average molecular weight is 296 g/mol. The molecule has 2 N–H and O–H groups in total. The number of amides is 1. The predicted octanol–water partition coefficient (Wildman–Crippen LogP) is 3.32. The molecule has 2 aromatic rings. The maximum atomic E-state index is 12.6. The Balaban J connectivity index is 1.69. The smallest absolute Gasteiger partial charge is 0.225 e. The number of nitrogens with two attached hydrogens (primary N) is 1. The predicted molar refractivity (Wildman–Crippen MR) is 90.4 cm³/mol. The monoisotopic (exact) mass is 296 g/mol. The van der Waals surface area contributed by atoms with Crippen molar-refractivity contribution in [3.8, 4) is 0 Å². The Hall–Kier alpha value is -1.87. The van der Waals surface area contributed by atoms with E-state index < -0.39 is 0 Å². The lowest BCUT2D eigenvalue weighted by molar-refractivity contribution is -0.135. The van der Waals surface area contributed by atoms with E-state index in [1.54, 1.807) is 0 Å². The summed E-state index contributed by atoms with van der Waals surface area (Å²) in [6.07, 6.45) is 3.94. The number of rotatable bonds is 3. The molecule has 0 bridgehead atoms. The van der Waals surface area contributed by atoms with Crippen LogP contribution in [0, 0.1) is 5.92 Å². The summed E-state index contributed by atoms with van der Waals surface area (Å²) in [4.78, 5) is 14.4. The minimum Gasteiger partial charge on any atom is -0.341 e. The third-order valence-electron chi connectivity index (χ3n) is 4.67. The van der Waals surface area contributed by atoms with Crippen LogP contribution in [0.4, 0.5) is 0 Å². The normalized spacial score (nSPS) is 21.7. The number of hydrogen-bond acceptors (Lipinski definition) is 2. The molecule has 3 nitrogen and oxygen atoms in total. The van der Waals surface area contributed by atoms with Crippen molar-refractivity contribution < 1.29 is 4.79 Å². The topological polar surface area (TPSA) is 46.3 Å². The van der Waals surface area contributed by atoms with Crippen LogP contribution in [-0.2, 0) is 11.3 Å². The summed E-state index contributed by atoms with van der Waals surface area (Å²) in [5, 5.41) is 2.46. The molecule has 1 aliphatic rings. The van der Waals surface area contributed by atoms with Gasteiger partial charge in [-0.2, -0.15) is 0 Å². The molecule has 0 aliphatic heterocycles. The lowest BCUT2D eigenvalue weighted by Gasteiger charge is -2.29. The van der Waals surface area contributed by atoms with Crippen molar-refractivity contribution >= 4 is 16.7 Å². The van der Waals surface area contributed by atoms with Crippen molar-refractivity contribution in [3.05, 3.63) is 48.0 Å². The second-order valence-electron chi connectivity index (χ2n) is 6.50. The highest BCUT2D eigenvalue weighted by Crippen LogP contribution is 2.25. The third kappa shape index (κ3) is 3.30. The van der Waals surface area contributed by atoms with Crippen molar-refractivity contribution in [2.24, 2.45) is 11.7 Å². The van der Waals surface area contributed by atoms with Crippen LogP contribution in [0.2, 0.25) is 0 Å². The Bertz CT molecular complexity index is 667. The van der Waals surface area contributed by atoms with Gasteiger partial charge in [-0.15, -0.1) is 0 Å². The summed E-state index contributed by atoms with van der Waals surface area (Å²) in [6, 6.07) is 14.9. The minimum atomic E-state index is 0.106. The first-order chi connectivity index (χ1) is 10.6. The van der Waals surface area contributed by atoms with Crippen molar-refractivity contribution in [1.29, 1.82) is 0 Å². The Kier molecular flexibility index (Phi) is 4.44. The lowest BCUT2D eigenvalue weighted by Crippen LogP contribution is -2.38. The van der Waals surface area contributed by atoms with Crippen LogP contribution in [0.5, 0.6) is 0 Å². The maximum absolute atomic E-state index is 12.6. The number of fused-ring (bicyclic) bond motifs is 1. The summed E-state index contributed by atoms with van der Waals surface area (Å²) in [7, 11) is 1.90. The van der Waals surface area contributed by atoms with E-state index in [9.17, 15) is 4.79 Å². The van der Waals surface area contributed by atoms with Gasteiger partial charge in [-0.25, -0.2) is 0 Å². The number of carbonyl (C=O) groups excluding carboxylic acids is 1. The second kappa shape index (κ2) is 6.49. The molecule has 1 amide bonds. The highest BCUT2D eigenvalue weighted by Gasteiger charge is 2.27. The van der Waals surface area contributed by atoms with Gasteiger partial charge in [0.05, 0.1) is 0 Å². The highest BCUT2D eigenvalue weighted by atomic mass is 16.2. The molecule has 3 rings (SSSR count). The minimum absolute atomic E-state index is 0.106. The Labute approximate surface area is 132 Å². The van der Waals surface area contributed by atoms with E-state index in [1.807, 2.05) is 24.1 Å². The number of hydrogen-bond donors (Lipinski definition) is 1. The maximum Gasteiger partial charge on any atom is 0.225 e.